The molecular weight excluding hydrogens is 356 g/mol. The molecule has 0 bridgehead atoms. The normalized spacial score (nSPS) is 18.0. The number of benzene rings is 1. The van der Waals surface area contributed by atoms with Crippen LogP contribution in [0, 0.1) is 0 Å². The van der Waals surface area contributed by atoms with E-state index >= 15 is 0 Å². The van der Waals surface area contributed by atoms with E-state index in [1.165, 1.54) is 0 Å². The fourth-order valence-electron chi connectivity index (χ4n) is 2.50. The van der Waals surface area contributed by atoms with Gasteiger partial charge in [0.2, 0.25) is 0 Å². The zero-order valence-electron chi connectivity index (χ0n) is 12.1. The minimum atomic E-state index is -0.0490. The van der Waals surface area contributed by atoms with E-state index in [0.717, 1.165) is 23.9 Å². The molecule has 0 aliphatic carbocycles. The molecule has 21 heavy (non-hydrogen) atoms. The molecular formula is C15H20BrClN2O2. The van der Waals surface area contributed by atoms with E-state index in [4.69, 9.17) is 16.3 Å². The molecule has 1 aliphatic heterocycles. The van der Waals surface area contributed by atoms with E-state index < -0.39 is 0 Å². The number of carbonyl (C=O) groups is 1. The fraction of sp³-hybridized carbons (Fsp3) is 0.533. The number of hydrogen-bond acceptors (Lipinski definition) is 3. The number of amides is 1. The van der Waals surface area contributed by atoms with Crippen molar-refractivity contribution in [3.8, 4) is 0 Å². The average molecular weight is 376 g/mol. The number of rotatable bonds is 6. The largest absolute Gasteiger partial charge is 0.383 e. The highest BCUT2D eigenvalue weighted by Gasteiger charge is 2.24. The number of carbonyl (C=O) groups excluding carboxylic acids is 1. The summed E-state index contributed by atoms with van der Waals surface area (Å²) < 4.78 is 5.86. The molecule has 4 nitrogen and oxygen atoms in total. The Kier molecular flexibility index (Phi) is 6.48. The van der Waals surface area contributed by atoms with Crippen molar-refractivity contribution in [1.82, 2.24) is 10.2 Å². The summed E-state index contributed by atoms with van der Waals surface area (Å²) in [5, 5.41) is 3.88. The average Bonchev–Trinajstić information content (AvgIpc) is 2.98. The van der Waals surface area contributed by atoms with Crippen molar-refractivity contribution in [3.63, 3.8) is 0 Å². The van der Waals surface area contributed by atoms with Gasteiger partial charge in [-0.25, -0.2) is 0 Å². The molecule has 1 fully saturated rings. The maximum Gasteiger partial charge on any atom is 0.255 e. The first-order chi connectivity index (χ1) is 10.1. The highest BCUT2D eigenvalue weighted by atomic mass is 79.9. The van der Waals surface area contributed by atoms with Crippen LogP contribution in [0.15, 0.2) is 22.7 Å². The third-order valence-electron chi connectivity index (χ3n) is 3.64. The predicted molar refractivity (Wildman–Crippen MR) is 88.0 cm³/mol. The minimum Gasteiger partial charge on any atom is -0.383 e. The van der Waals surface area contributed by atoms with Crippen LogP contribution in [0.1, 0.15) is 23.2 Å². The first kappa shape index (κ1) is 16.7. The molecule has 1 aromatic rings. The van der Waals surface area contributed by atoms with E-state index in [9.17, 15) is 4.79 Å². The van der Waals surface area contributed by atoms with Crippen molar-refractivity contribution >= 4 is 33.4 Å². The second-order valence-corrected chi connectivity index (χ2v) is 6.37. The quantitative estimate of drug-likeness (QED) is 0.831. The molecule has 2 rings (SSSR count). The van der Waals surface area contributed by atoms with E-state index in [0.29, 0.717) is 36.3 Å². The smallest absolute Gasteiger partial charge is 0.255 e. The van der Waals surface area contributed by atoms with Crippen molar-refractivity contribution in [3.05, 3.63) is 33.3 Å². The van der Waals surface area contributed by atoms with Crippen molar-refractivity contribution in [2.75, 3.05) is 33.4 Å². The maximum atomic E-state index is 12.7. The highest BCUT2D eigenvalue weighted by molar-refractivity contribution is 9.10. The number of nitrogens with one attached hydrogen (secondary N) is 1. The van der Waals surface area contributed by atoms with Crippen LogP contribution in [0.2, 0.25) is 5.02 Å². The van der Waals surface area contributed by atoms with Gasteiger partial charge in [0, 0.05) is 30.7 Å². The van der Waals surface area contributed by atoms with Crippen molar-refractivity contribution in [2.45, 2.75) is 18.9 Å². The Labute approximate surface area is 138 Å². The van der Waals surface area contributed by atoms with Gasteiger partial charge in [-0.05, 0) is 47.4 Å². The number of ether oxygens (including phenoxy) is 1. The van der Waals surface area contributed by atoms with Gasteiger partial charge in [-0.2, -0.15) is 0 Å². The third kappa shape index (κ3) is 4.42. The van der Waals surface area contributed by atoms with E-state index in [2.05, 4.69) is 21.2 Å². The standard InChI is InChI=1S/C15H20BrClN2O2/c1-21-9-8-19(10-11-4-3-7-18-11)15(20)12-5-2-6-13(16)14(12)17/h2,5-6,11,18H,3-4,7-10H2,1H3. The van der Waals surface area contributed by atoms with Crippen LogP contribution in [-0.4, -0.2) is 50.2 Å². The zero-order chi connectivity index (χ0) is 15.2. The monoisotopic (exact) mass is 374 g/mol. The van der Waals surface area contributed by atoms with Gasteiger partial charge in [0.1, 0.15) is 0 Å². The van der Waals surface area contributed by atoms with Gasteiger partial charge in [0.15, 0.2) is 0 Å². The molecule has 1 atom stereocenters. The van der Waals surface area contributed by atoms with Crippen LogP contribution in [-0.2, 0) is 4.74 Å². The van der Waals surface area contributed by atoms with Gasteiger partial charge in [0.05, 0.1) is 17.2 Å². The summed E-state index contributed by atoms with van der Waals surface area (Å²) in [6, 6.07) is 5.77. The first-order valence-corrected chi connectivity index (χ1v) is 8.26. The Morgan fingerprint density at radius 2 is 2.38 bits per heavy atom. The molecule has 0 saturated carbocycles. The summed E-state index contributed by atoms with van der Waals surface area (Å²) in [7, 11) is 1.64. The number of hydrogen-bond donors (Lipinski definition) is 1. The lowest BCUT2D eigenvalue weighted by Crippen LogP contribution is -2.42. The third-order valence-corrected chi connectivity index (χ3v) is 4.93. The van der Waals surface area contributed by atoms with Crippen LogP contribution in [0.5, 0.6) is 0 Å². The van der Waals surface area contributed by atoms with Gasteiger partial charge in [-0.3, -0.25) is 4.79 Å². The topological polar surface area (TPSA) is 41.6 Å². The summed E-state index contributed by atoms with van der Waals surface area (Å²) in [5.41, 5.74) is 0.528. The summed E-state index contributed by atoms with van der Waals surface area (Å²) >= 11 is 9.61. The number of halogens is 2. The minimum absolute atomic E-state index is 0.0490. The first-order valence-electron chi connectivity index (χ1n) is 7.09. The highest BCUT2D eigenvalue weighted by Crippen LogP contribution is 2.27. The summed E-state index contributed by atoms with van der Waals surface area (Å²) in [4.78, 5) is 14.6. The molecule has 0 aromatic heterocycles. The maximum absolute atomic E-state index is 12.7. The summed E-state index contributed by atoms with van der Waals surface area (Å²) in [6.45, 7) is 2.79. The summed E-state index contributed by atoms with van der Waals surface area (Å²) in [5.74, 6) is -0.0490. The predicted octanol–water partition coefficient (Wildman–Crippen LogP) is 2.94. The fourth-order valence-corrected chi connectivity index (χ4v) is 3.07. The summed E-state index contributed by atoms with van der Waals surface area (Å²) in [6.07, 6.45) is 2.26. The molecule has 1 saturated heterocycles. The zero-order valence-corrected chi connectivity index (χ0v) is 14.4. The molecule has 1 amide bonds. The Hall–Kier alpha value is -0.620. The van der Waals surface area contributed by atoms with Gasteiger partial charge >= 0.3 is 0 Å². The second-order valence-electron chi connectivity index (χ2n) is 5.14. The van der Waals surface area contributed by atoms with E-state index in [-0.39, 0.29) is 5.91 Å². The Morgan fingerprint density at radius 1 is 1.57 bits per heavy atom. The van der Waals surface area contributed by atoms with Crippen LogP contribution in [0.4, 0.5) is 0 Å². The Bertz CT molecular complexity index is 493. The van der Waals surface area contributed by atoms with E-state index in [1.54, 1.807) is 13.2 Å². The molecule has 6 heteroatoms. The van der Waals surface area contributed by atoms with Crippen LogP contribution in [0.3, 0.4) is 0 Å². The lowest BCUT2D eigenvalue weighted by Gasteiger charge is -2.26. The van der Waals surface area contributed by atoms with Gasteiger partial charge in [0.25, 0.3) is 5.91 Å². The van der Waals surface area contributed by atoms with Crippen molar-refractivity contribution in [1.29, 1.82) is 0 Å². The SMILES string of the molecule is COCCN(CC1CCCN1)C(=O)c1cccc(Br)c1Cl. The van der Waals surface area contributed by atoms with Crippen LogP contribution < -0.4 is 5.32 Å². The molecule has 1 N–H and O–H groups in total. The Balaban J connectivity index is 2.13. The molecule has 0 radical (unpaired) electrons. The lowest BCUT2D eigenvalue weighted by atomic mass is 10.1. The Morgan fingerprint density at radius 3 is 3.05 bits per heavy atom. The van der Waals surface area contributed by atoms with Crippen molar-refractivity contribution < 1.29 is 9.53 Å². The van der Waals surface area contributed by atoms with Crippen LogP contribution in [0.25, 0.3) is 0 Å². The van der Waals surface area contributed by atoms with Gasteiger partial charge < -0.3 is 15.0 Å². The van der Waals surface area contributed by atoms with Gasteiger partial charge in [-0.15, -0.1) is 0 Å². The molecule has 116 valence electrons. The molecule has 1 heterocycles. The molecule has 1 aromatic carbocycles. The van der Waals surface area contributed by atoms with Gasteiger partial charge in [-0.1, -0.05) is 17.7 Å². The second kappa shape index (κ2) is 8.13. The lowest BCUT2D eigenvalue weighted by molar-refractivity contribution is 0.0679. The van der Waals surface area contributed by atoms with Crippen molar-refractivity contribution in [2.24, 2.45) is 0 Å². The molecule has 1 unspecified atom stereocenters. The number of nitrogens with zero attached hydrogens (tertiary/aromatic N) is 1. The van der Waals surface area contributed by atoms with E-state index in [1.807, 2.05) is 17.0 Å². The molecule has 0 spiro atoms. The number of methoxy groups -OCH3 is 1. The van der Waals surface area contributed by atoms with Crippen LogP contribution >= 0.6 is 27.5 Å². The molecule has 1 aliphatic rings.